The molecule has 2 aromatic rings. The highest BCUT2D eigenvalue weighted by atomic mass is 35.5. The fraction of sp³-hybridized carbons (Fsp3) is 0.200. The van der Waals surface area contributed by atoms with Crippen LogP contribution in [0.1, 0.15) is 24.1 Å². The second kappa shape index (κ2) is 6.70. The van der Waals surface area contributed by atoms with Gasteiger partial charge in [0.2, 0.25) is 0 Å². The first-order chi connectivity index (χ1) is 9.67. The number of nitrogens with two attached hydrogens (primary N) is 1. The molecule has 3 N–H and O–H groups in total. The third-order valence-corrected chi connectivity index (χ3v) is 3.28. The van der Waals surface area contributed by atoms with Crippen molar-refractivity contribution in [1.82, 2.24) is 5.43 Å². The van der Waals surface area contributed by atoms with Crippen LogP contribution in [0.4, 0.5) is 4.39 Å². The number of hydrazine groups is 1. The van der Waals surface area contributed by atoms with Gasteiger partial charge in [-0.1, -0.05) is 35.9 Å². The van der Waals surface area contributed by atoms with Gasteiger partial charge in [-0.05, 0) is 30.7 Å². The van der Waals surface area contributed by atoms with Crippen LogP contribution in [0.3, 0.4) is 0 Å². The van der Waals surface area contributed by atoms with E-state index < -0.39 is 5.82 Å². The van der Waals surface area contributed by atoms with Crippen LogP contribution in [0.2, 0.25) is 5.02 Å². The minimum Gasteiger partial charge on any atom is -0.494 e. The minimum atomic E-state index is -0.474. The molecule has 0 heterocycles. The Balaban J connectivity index is 2.44. The molecule has 5 heteroatoms. The number of nitrogens with one attached hydrogen (secondary N) is 1. The van der Waals surface area contributed by atoms with Crippen LogP contribution in [-0.4, -0.2) is 6.61 Å². The van der Waals surface area contributed by atoms with Gasteiger partial charge in [0.25, 0.3) is 0 Å². The lowest BCUT2D eigenvalue weighted by atomic mass is 9.98. The molecule has 2 aromatic carbocycles. The van der Waals surface area contributed by atoms with E-state index in [2.05, 4.69) is 5.43 Å². The van der Waals surface area contributed by atoms with Gasteiger partial charge in [-0.2, -0.15) is 0 Å². The van der Waals surface area contributed by atoms with E-state index >= 15 is 0 Å². The second-order valence-electron chi connectivity index (χ2n) is 4.24. The SMILES string of the molecule is CCOc1ccccc1C(NN)c1ccc(Cl)c(F)c1. The molecule has 1 atom stereocenters. The number of halogens is 2. The molecule has 3 nitrogen and oxygen atoms in total. The highest BCUT2D eigenvalue weighted by Gasteiger charge is 2.18. The Morgan fingerprint density at radius 2 is 2.05 bits per heavy atom. The van der Waals surface area contributed by atoms with Gasteiger partial charge in [-0.25, -0.2) is 9.82 Å². The molecule has 20 heavy (non-hydrogen) atoms. The van der Waals surface area contributed by atoms with Crippen molar-refractivity contribution >= 4 is 11.6 Å². The lowest BCUT2D eigenvalue weighted by molar-refractivity contribution is 0.333. The first-order valence-electron chi connectivity index (χ1n) is 6.30. The van der Waals surface area contributed by atoms with E-state index in [1.54, 1.807) is 6.07 Å². The van der Waals surface area contributed by atoms with Gasteiger partial charge < -0.3 is 4.74 Å². The molecule has 0 saturated carbocycles. The molecule has 0 aliphatic rings. The van der Waals surface area contributed by atoms with E-state index in [4.69, 9.17) is 22.2 Å². The topological polar surface area (TPSA) is 47.3 Å². The van der Waals surface area contributed by atoms with Crippen LogP contribution < -0.4 is 16.0 Å². The van der Waals surface area contributed by atoms with Gasteiger partial charge in [-0.3, -0.25) is 5.84 Å². The molecule has 1 unspecified atom stereocenters. The van der Waals surface area contributed by atoms with E-state index in [1.165, 1.54) is 12.1 Å². The number of rotatable bonds is 5. The van der Waals surface area contributed by atoms with Crippen molar-refractivity contribution in [2.75, 3.05) is 6.61 Å². The summed E-state index contributed by atoms with van der Waals surface area (Å²) in [6, 6.07) is 11.8. The monoisotopic (exact) mass is 294 g/mol. The van der Waals surface area contributed by atoms with E-state index in [9.17, 15) is 4.39 Å². The summed E-state index contributed by atoms with van der Waals surface area (Å²) in [5, 5.41) is 0.0858. The highest BCUT2D eigenvalue weighted by Crippen LogP contribution is 2.30. The minimum absolute atomic E-state index is 0.0858. The number of ether oxygens (including phenoxy) is 1. The molecule has 2 rings (SSSR count). The Hall–Kier alpha value is -1.62. The van der Waals surface area contributed by atoms with Crippen LogP contribution in [0.15, 0.2) is 42.5 Å². The molecule has 0 bridgehead atoms. The molecular formula is C15H16ClFN2O. The third-order valence-electron chi connectivity index (χ3n) is 2.97. The average molecular weight is 295 g/mol. The number of para-hydroxylation sites is 1. The predicted octanol–water partition coefficient (Wildman–Crippen LogP) is 3.43. The highest BCUT2D eigenvalue weighted by molar-refractivity contribution is 6.30. The van der Waals surface area contributed by atoms with Gasteiger partial charge in [0, 0.05) is 5.56 Å². The fourth-order valence-electron chi connectivity index (χ4n) is 2.06. The molecule has 0 aliphatic carbocycles. The Labute approximate surface area is 122 Å². The maximum Gasteiger partial charge on any atom is 0.142 e. The Bertz CT molecular complexity index is 592. The van der Waals surface area contributed by atoms with Gasteiger partial charge in [0.1, 0.15) is 11.6 Å². The van der Waals surface area contributed by atoms with Crippen molar-refractivity contribution in [1.29, 1.82) is 0 Å². The summed E-state index contributed by atoms with van der Waals surface area (Å²) in [6.45, 7) is 2.45. The first-order valence-corrected chi connectivity index (χ1v) is 6.68. The Morgan fingerprint density at radius 1 is 1.30 bits per heavy atom. The third kappa shape index (κ3) is 3.10. The van der Waals surface area contributed by atoms with E-state index in [0.717, 1.165) is 5.56 Å². The Kier molecular flexibility index (Phi) is 4.95. The lowest BCUT2D eigenvalue weighted by Crippen LogP contribution is -2.29. The predicted molar refractivity (Wildman–Crippen MR) is 78.2 cm³/mol. The summed E-state index contributed by atoms with van der Waals surface area (Å²) in [5.41, 5.74) is 4.22. The molecule has 0 radical (unpaired) electrons. The molecule has 0 aliphatic heterocycles. The van der Waals surface area contributed by atoms with E-state index in [-0.39, 0.29) is 11.1 Å². The number of hydrogen-bond acceptors (Lipinski definition) is 3. The zero-order chi connectivity index (χ0) is 14.5. The zero-order valence-electron chi connectivity index (χ0n) is 11.1. The van der Waals surface area contributed by atoms with Gasteiger partial charge >= 0.3 is 0 Å². The summed E-state index contributed by atoms with van der Waals surface area (Å²) in [5.74, 6) is 5.87. The van der Waals surface area contributed by atoms with Gasteiger partial charge in [-0.15, -0.1) is 0 Å². The van der Waals surface area contributed by atoms with Gasteiger partial charge in [0.15, 0.2) is 0 Å². The van der Waals surface area contributed by atoms with Crippen molar-refractivity contribution in [3.05, 3.63) is 64.4 Å². The zero-order valence-corrected chi connectivity index (χ0v) is 11.8. The van der Waals surface area contributed by atoms with Crippen molar-refractivity contribution in [2.45, 2.75) is 13.0 Å². The molecular weight excluding hydrogens is 279 g/mol. The van der Waals surface area contributed by atoms with Crippen LogP contribution in [0.25, 0.3) is 0 Å². The average Bonchev–Trinajstić information content (AvgIpc) is 2.45. The molecule has 0 aromatic heterocycles. The van der Waals surface area contributed by atoms with E-state index in [1.807, 2.05) is 31.2 Å². The van der Waals surface area contributed by atoms with Crippen LogP contribution in [0, 0.1) is 5.82 Å². The van der Waals surface area contributed by atoms with E-state index in [0.29, 0.717) is 17.9 Å². The molecule has 0 fully saturated rings. The fourth-order valence-corrected chi connectivity index (χ4v) is 2.18. The summed E-state index contributed by atoms with van der Waals surface area (Å²) < 4.78 is 19.2. The summed E-state index contributed by atoms with van der Waals surface area (Å²) in [4.78, 5) is 0. The lowest BCUT2D eigenvalue weighted by Gasteiger charge is -2.20. The largest absolute Gasteiger partial charge is 0.494 e. The van der Waals surface area contributed by atoms with Crippen molar-refractivity contribution in [3.8, 4) is 5.75 Å². The maximum atomic E-state index is 13.6. The number of hydrogen-bond donors (Lipinski definition) is 2. The summed E-state index contributed by atoms with van der Waals surface area (Å²) >= 11 is 5.70. The van der Waals surface area contributed by atoms with Gasteiger partial charge in [0.05, 0.1) is 17.7 Å². The van der Waals surface area contributed by atoms with Crippen LogP contribution >= 0.6 is 11.6 Å². The summed E-state index contributed by atoms with van der Waals surface area (Å²) in [7, 11) is 0. The maximum absolute atomic E-state index is 13.6. The first kappa shape index (κ1) is 14.8. The normalized spacial score (nSPS) is 12.2. The van der Waals surface area contributed by atoms with Crippen molar-refractivity contribution in [3.63, 3.8) is 0 Å². The van der Waals surface area contributed by atoms with Crippen molar-refractivity contribution in [2.24, 2.45) is 5.84 Å². The quantitative estimate of drug-likeness (QED) is 0.656. The molecule has 106 valence electrons. The summed E-state index contributed by atoms with van der Waals surface area (Å²) in [6.07, 6.45) is 0. The van der Waals surface area contributed by atoms with Crippen LogP contribution in [-0.2, 0) is 0 Å². The smallest absolute Gasteiger partial charge is 0.142 e. The molecule has 0 saturated heterocycles. The standard InChI is InChI=1S/C15H16ClFN2O/c1-2-20-14-6-4-3-5-11(14)15(19-18)10-7-8-12(16)13(17)9-10/h3-9,15,19H,2,18H2,1H3. The van der Waals surface area contributed by atoms with Crippen molar-refractivity contribution < 1.29 is 9.13 Å². The van der Waals surface area contributed by atoms with Crippen LogP contribution in [0.5, 0.6) is 5.75 Å². The molecule has 0 spiro atoms. The number of benzene rings is 2. The molecule has 0 amide bonds. The second-order valence-corrected chi connectivity index (χ2v) is 4.65. The Morgan fingerprint density at radius 3 is 2.70 bits per heavy atom.